The predicted molar refractivity (Wildman–Crippen MR) is 117 cm³/mol. The summed E-state index contributed by atoms with van der Waals surface area (Å²) >= 11 is 0. The average Bonchev–Trinajstić information content (AvgIpc) is 2.76. The molecule has 1 aliphatic carbocycles. The topological polar surface area (TPSA) is 63.3 Å². The maximum absolute atomic E-state index is 12.5. The molecule has 2 atom stereocenters. The Bertz CT molecular complexity index is 704. The van der Waals surface area contributed by atoms with Gasteiger partial charge in [-0.05, 0) is 24.8 Å². The van der Waals surface area contributed by atoms with Crippen LogP contribution in [0.2, 0.25) is 0 Å². The van der Waals surface area contributed by atoms with E-state index in [9.17, 15) is 4.79 Å². The maximum atomic E-state index is 12.5. The lowest BCUT2D eigenvalue weighted by molar-refractivity contribution is -0.124. The number of carbonyl (C=O) groups excluding carboxylic acids is 1. The highest BCUT2D eigenvalue weighted by molar-refractivity contribution is 5.78. The number of rotatable bonds is 8. The molecule has 1 N–H and O–H groups in total. The van der Waals surface area contributed by atoms with Gasteiger partial charge in [-0.25, -0.2) is 0 Å². The molecule has 1 aromatic carbocycles. The molecule has 0 radical (unpaired) electrons. The number of carbonyl (C=O) groups is 1. The zero-order chi connectivity index (χ0) is 21.5. The fourth-order valence-corrected chi connectivity index (χ4v) is 4.62. The van der Waals surface area contributed by atoms with E-state index >= 15 is 0 Å². The van der Waals surface area contributed by atoms with Crippen molar-refractivity contribution >= 4 is 5.91 Å². The molecule has 0 spiro atoms. The van der Waals surface area contributed by atoms with E-state index in [1.54, 1.807) is 21.3 Å². The Morgan fingerprint density at radius 1 is 0.967 bits per heavy atom. The first-order chi connectivity index (χ1) is 14.5. The molecule has 1 heterocycles. The van der Waals surface area contributed by atoms with Crippen molar-refractivity contribution in [2.45, 2.75) is 45.2 Å². The number of amides is 1. The van der Waals surface area contributed by atoms with E-state index in [1.807, 2.05) is 12.1 Å². The van der Waals surface area contributed by atoms with E-state index in [2.05, 4.69) is 22.0 Å². The number of nitrogens with one attached hydrogen (secondary N) is 1. The van der Waals surface area contributed by atoms with Gasteiger partial charge in [-0.3, -0.25) is 14.6 Å². The summed E-state index contributed by atoms with van der Waals surface area (Å²) in [6.45, 7) is 7.16. The van der Waals surface area contributed by atoms with Crippen LogP contribution in [0.25, 0.3) is 0 Å². The third-order valence-corrected chi connectivity index (χ3v) is 6.47. The van der Waals surface area contributed by atoms with E-state index in [0.29, 0.717) is 30.0 Å². The number of methoxy groups -OCH3 is 3. The van der Waals surface area contributed by atoms with Crippen molar-refractivity contribution in [3.05, 3.63) is 17.7 Å². The minimum absolute atomic E-state index is 0.170. The van der Waals surface area contributed by atoms with Gasteiger partial charge < -0.3 is 19.5 Å². The van der Waals surface area contributed by atoms with Crippen LogP contribution in [-0.4, -0.2) is 75.8 Å². The second-order valence-corrected chi connectivity index (χ2v) is 8.48. The summed E-state index contributed by atoms with van der Waals surface area (Å²) in [4.78, 5) is 17.1. The molecule has 1 amide bonds. The minimum Gasteiger partial charge on any atom is -0.493 e. The lowest BCUT2D eigenvalue weighted by Crippen LogP contribution is -2.51. The van der Waals surface area contributed by atoms with Gasteiger partial charge in [-0.2, -0.15) is 0 Å². The molecule has 2 fully saturated rings. The number of benzene rings is 1. The second-order valence-electron chi connectivity index (χ2n) is 8.48. The molecule has 168 valence electrons. The van der Waals surface area contributed by atoms with Gasteiger partial charge in [-0.15, -0.1) is 0 Å². The Morgan fingerprint density at radius 2 is 1.63 bits per heavy atom. The van der Waals surface area contributed by atoms with Gasteiger partial charge >= 0.3 is 0 Å². The van der Waals surface area contributed by atoms with Crippen LogP contribution in [0.3, 0.4) is 0 Å². The minimum atomic E-state index is 0.170. The number of ether oxygens (including phenoxy) is 3. The Balaban J connectivity index is 1.49. The van der Waals surface area contributed by atoms with Crippen molar-refractivity contribution in [3.8, 4) is 17.2 Å². The van der Waals surface area contributed by atoms with Crippen LogP contribution in [0.1, 0.15) is 38.2 Å². The molecule has 7 nitrogen and oxygen atoms in total. The summed E-state index contributed by atoms with van der Waals surface area (Å²) in [5, 5.41) is 3.27. The highest BCUT2D eigenvalue weighted by Crippen LogP contribution is 2.40. The zero-order valence-corrected chi connectivity index (χ0v) is 18.9. The number of nitrogens with zero attached hydrogens (tertiary/aromatic N) is 2. The number of hydrogen-bond acceptors (Lipinski definition) is 6. The summed E-state index contributed by atoms with van der Waals surface area (Å²) in [7, 11) is 4.91. The van der Waals surface area contributed by atoms with Gasteiger partial charge in [0.1, 0.15) is 0 Å². The lowest BCUT2D eigenvalue weighted by Gasteiger charge is -2.35. The van der Waals surface area contributed by atoms with Gasteiger partial charge in [0.2, 0.25) is 11.7 Å². The van der Waals surface area contributed by atoms with Gasteiger partial charge in [0.05, 0.1) is 27.9 Å². The molecule has 1 aromatic rings. The van der Waals surface area contributed by atoms with Crippen molar-refractivity contribution < 1.29 is 19.0 Å². The molecule has 1 saturated carbocycles. The molecular weight excluding hydrogens is 382 g/mol. The van der Waals surface area contributed by atoms with E-state index in [0.717, 1.165) is 50.5 Å². The van der Waals surface area contributed by atoms with E-state index in [4.69, 9.17) is 14.2 Å². The van der Waals surface area contributed by atoms with Crippen molar-refractivity contribution in [1.82, 2.24) is 15.1 Å². The molecule has 2 aliphatic rings. The van der Waals surface area contributed by atoms with Gasteiger partial charge in [0.15, 0.2) is 11.5 Å². The first-order valence-electron chi connectivity index (χ1n) is 11.1. The van der Waals surface area contributed by atoms with Crippen molar-refractivity contribution in [2.75, 3.05) is 54.1 Å². The fraction of sp³-hybridized carbons (Fsp3) is 0.696. The van der Waals surface area contributed by atoms with E-state index in [-0.39, 0.29) is 5.91 Å². The largest absolute Gasteiger partial charge is 0.493 e. The maximum Gasteiger partial charge on any atom is 0.234 e. The van der Waals surface area contributed by atoms with E-state index in [1.165, 1.54) is 19.3 Å². The third-order valence-electron chi connectivity index (χ3n) is 6.47. The standard InChI is InChI=1S/C23H37N3O4/c1-17-7-5-6-8-19(17)24-21(27)16-26-13-11-25(12-14-26)15-18-9-10-20(28-2)23(30-4)22(18)29-3/h9-10,17,19H,5-8,11-16H2,1-4H3,(H,24,27)/t17-,19-/m0/s1. The number of hydrogen-bond donors (Lipinski definition) is 1. The first kappa shape index (κ1) is 22.7. The summed E-state index contributed by atoms with van der Waals surface area (Å²) in [5.74, 6) is 2.78. The molecule has 0 unspecified atom stereocenters. The zero-order valence-electron chi connectivity index (χ0n) is 18.9. The molecule has 0 bridgehead atoms. The van der Waals surface area contributed by atoms with Crippen molar-refractivity contribution in [1.29, 1.82) is 0 Å². The van der Waals surface area contributed by atoms with Crippen LogP contribution in [0.4, 0.5) is 0 Å². The molecular formula is C23H37N3O4. The summed E-state index contributed by atoms with van der Waals surface area (Å²) in [6, 6.07) is 4.31. The van der Waals surface area contributed by atoms with Gasteiger partial charge in [-0.1, -0.05) is 25.8 Å². The summed E-state index contributed by atoms with van der Waals surface area (Å²) in [6.07, 6.45) is 4.87. The summed E-state index contributed by atoms with van der Waals surface area (Å²) in [5.41, 5.74) is 1.08. The Kier molecular flexibility index (Phi) is 8.22. The quantitative estimate of drug-likeness (QED) is 0.699. The molecule has 30 heavy (non-hydrogen) atoms. The molecule has 0 aromatic heterocycles. The summed E-state index contributed by atoms with van der Waals surface area (Å²) < 4.78 is 16.5. The van der Waals surface area contributed by atoms with Crippen molar-refractivity contribution in [2.24, 2.45) is 5.92 Å². The van der Waals surface area contributed by atoms with Crippen LogP contribution < -0.4 is 19.5 Å². The van der Waals surface area contributed by atoms with Crippen LogP contribution in [-0.2, 0) is 11.3 Å². The smallest absolute Gasteiger partial charge is 0.234 e. The van der Waals surface area contributed by atoms with Crippen LogP contribution in [0.15, 0.2) is 12.1 Å². The Labute approximate surface area is 180 Å². The Morgan fingerprint density at radius 3 is 2.27 bits per heavy atom. The van der Waals surface area contributed by atoms with Gasteiger partial charge in [0, 0.05) is 44.3 Å². The molecule has 3 rings (SSSR count). The monoisotopic (exact) mass is 419 g/mol. The highest BCUT2D eigenvalue weighted by Gasteiger charge is 2.25. The molecule has 1 saturated heterocycles. The SMILES string of the molecule is COc1ccc(CN2CCN(CC(=O)N[C@H]3CCCC[C@@H]3C)CC2)c(OC)c1OC. The molecule has 1 aliphatic heterocycles. The van der Waals surface area contributed by atoms with Crippen LogP contribution in [0, 0.1) is 5.92 Å². The van der Waals surface area contributed by atoms with Crippen molar-refractivity contribution in [3.63, 3.8) is 0 Å². The molecule has 7 heteroatoms. The number of piperazine rings is 1. The van der Waals surface area contributed by atoms with E-state index < -0.39 is 0 Å². The van der Waals surface area contributed by atoms with Gasteiger partial charge in [0.25, 0.3) is 0 Å². The lowest BCUT2D eigenvalue weighted by atomic mass is 9.86. The Hall–Kier alpha value is -1.99. The normalized spacial score (nSPS) is 23.1. The first-order valence-corrected chi connectivity index (χ1v) is 11.1. The van der Waals surface area contributed by atoms with Crippen LogP contribution >= 0.6 is 0 Å². The highest BCUT2D eigenvalue weighted by atomic mass is 16.5. The predicted octanol–water partition coefficient (Wildman–Crippen LogP) is 2.52. The third kappa shape index (κ3) is 5.58. The average molecular weight is 420 g/mol. The van der Waals surface area contributed by atoms with Crippen LogP contribution in [0.5, 0.6) is 17.2 Å². The fourth-order valence-electron chi connectivity index (χ4n) is 4.62. The second kappa shape index (κ2) is 10.9.